The van der Waals surface area contributed by atoms with Crippen molar-refractivity contribution in [1.82, 2.24) is 4.57 Å². The van der Waals surface area contributed by atoms with E-state index in [0.717, 1.165) is 0 Å². The SMILES string of the molecule is Cn1c(C(C)(C)C)cc2c(C(C)(C)C)cccc21. The van der Waals surface area contributed by atoms with Crippen LogP contribution in [0.25, 0.3) is 10.9 Å². The standard InChI is InChI=1S/C17H25N/c1-16(2,3)13-9-8-10-14-12(13)11-15(18(14)7)17(4,5)6/h8-11H,1-7H3. The van der Waals surface area contributed by atoms with E-state index in [-0.39, 0.29) is 10.8 Å². The van der Waals surface area contributed by atoms with Gasteiger partial charge in [-0.3, -0.25) is 0 Å². The van der Waals surface area contributed by atoms with Crippen molar-refractivity contribution in [2.45, 2.75) is 52.4 Å². The predicted molar refractivity (Wildman–Crippen MR) is 80.3 cm³/mol. The van der Waals surface area contributed by atoms with Gasteiger partial charge in [0.05, 0.1) is 0 Å². The Morgan fingerprint density at radius 2 is 1.50 bits per heavy atom. The third kappa shape index (κ3) is 2.07. The summed E-state index contributed by atoms with van der Waals surface area (Å²) in [4.78, 5) is 0. The summed E-state index contributed by atoms with van der Waals surface area (Å²) in [5.74, 6) is 0. The maximum absolute atomic E-state index is 2.37. The van der Waals surface area contributed by atoms with Crippen LogP contribution in [-0.2, 0) is 17.9 Å². The number of hydrogen-bond acceptors (Lipinski definition) is 0. The number of aryl methyl sites for hydroxylation is 1. The molecule has 1 aromatic heterocycles. The number of benzene rings is 1. The van der Waals surface area contributed by atoms with Crippen molar-refractivity contribution in [2.24, 2.45) is 7.05 Å². The van der Waals surface area contributed by atoms with Crippen molar-refractivity contribution in [3.63, 3.8) is 0 Å². The zero-order valence-corrected chi connectivity index (χ0v) is 12.8. The van der Waals surface area contributed by atoms with Crippen LogP contribution in [0, 0.1) is 0 Å². The first kappa shape index (κ1) is 13.2. The molecule has 0 unspecified atom stereocenters. The molecule has 2 aromatic rings. The third-order valence-corrected chi connectivity index (χ3v) is 3.66. The summed E-state index contributed by atoms with van der Waals surface area (Å²) in [6.07, 6.45) is 0. The molecule has 18 heavy (non-hydrogen) atoms. The van der Waals surface area contributed by atoms with Gasteiger partial charge < -0.3 is 4.57 Å². The van der Waals surface area contributed by atoms with Crippen LogP contribution in [0.4, 0.5) is 0 Å². The molecule has 0 spiro atoms. The Hall–Kier alpha value is -1.24. The van der Waals surface area contributed by atoms with Gasteiger partial charge in [0, 0.05) is 29.1 Å². The van der Waals surface area contributed by atoms with Crippen molar-refractivity contribution < 1.29 is 0 Å². The lowest BCUT2D eigenvalue weighted by molar-refractivity contribution is 0.547. The molecule has 0 radical (unpaired) electrons. The third-order valence-electron chi connectivity index (χ3n) is 3.66. The van der Waals surface area contributed by atoms with Crippen molar-refractivity contribution >= 4 is 10.9 Å². The van der Waals surface area contributed by atoms with Crippen LogP contribution >= 0.6 is 0 Å². The summed E-state index contributed by atoms with van der Waals surface area (Å²) < 4.78 is 2.34. The summed E-state index contributed by atoms with van der Waals surface area (Å²) in [5.41, 5.74) is 4.55. The van der Waals surface area contributed by atoms with E-state index in [1.165, 1.54) is 22.2 Å². The summed E-state index contributed by atoms with van der Waals surface area (Å²) in [5, 5.41) is 1.40. The van der Waals surface area contributed by atoms with E-state index >= 15 is 0 Å². The molecule has 0 aliphatic heterocycles. The largest absolute Gasteiger partial charge is 0.347 e. The second-order valence-electron chi connectivity index (χ2n) is 7.33. The van der Waals surface area contributed by atoms with Crippen molar-refractivity contribution in [2.75, 3.05) is 0 Å². The quantitative estimate of drug-likeness (QED) is 0.628. The summed E-state index contributed by atoms with van der Waals surface area (Å²) in [7, 11) is 2.18. The second-order valence-corrected chi connectivity index (χ2v) is 7.33. The molecule has 98 valence electrons. The molecule has 2 rings (SSSR count). The average molecular weight is 243 g/mol. The van der Waals surface area contributed by atoms with Gasteiger partial charge in [0.25, 0.3) is 0 Å². The minimum atomic E-state index is 0.183. The summed E-state index contributed by atoms with van der Waals surface area (Å²) in [6.45, 7) is 13.7. The summed E-state index contributed by atoms with van der Waals surface area (Å²) in [6, 6.07) is 9.03. The lowest BCUT2D eigenvalue weighted by Crippen LogP contribution is -2.15. The number of rotatable bonds is 0. The number of aromatic nitrogens is 1. The van der Waals surface area contributed by atoms with E-state index < -0.39 is 0 Å². The first-order chi connectivity index (χ1) is 8.12. The first-order valence-electron chi connectivity index (χ1n) is 6.72. The van der Waals surface area contributed by atoms with Crippen molar-refractivity contribution in [3.05, 3.63) is 35.5 Å². The molecule has 0 fully saturated rings. The lowest BCUT2D eigenvalue weighted by Gasteiger charge is -2.20. The van der Waals surface area contributed by atoms with Crippen LogP contribution < -0.4 is 0 Å². The van der Waals surface area contributed by atoms with Gasteiger partial charge in [0.1, 0.15) is 0 Å². The maximum Gasteiger partial charge on any atom is 0.0483 e. The molecule has 1 heterocycles. The fourth-order valence-electron chi connectivity index (χ4n) is 2.73. The van der Waals surface area contributed by atoms with Crippen LogP contribution in [0.1, 0.15) is 52.8 Å². The van der Waals surface area contributed by atoms with Gasteiger partial charge in [-0.05, 0) is 23.1 Å². The first-order valence-corrected chi connectivity index (χ1v) is 6.72. The van der Waals surface area contributed by atoms with E-state index in [1.807, 2.05) is 0 Å². The monoisotopic (exact) mass is 243 g/mol. The van der Waals surface area contributed by atoms with Crippen LogP contribution in [0.3, 0.4) is 0 Å². The molecular formula is C17H25N. The van der Waals surface area contributed by atoms with Crippen LogP contribution in [-0.4, -0.2) is 4.57 Å². The van der Waals surface area contributed by atoms with Gasteiger partial charge in [0.15, 0.2) is 0 Å². The predicted octanol–water partition coefficient (Wildman–Crippen LogP) is 4.77. The molecule has 0 N–H and O–H groups in total. The number of nitrogens with zero attached hydrogens (tertiary/aromatic N) is 1. The normalized spacial score (nSPS) is 13.3. The van der Waals surface area contributed by atoms with E-state index in [4.69, 9.17) is 0 Å². The lowest BCUT2D eigenvalue weighted by atomic mass is 9.84. The highest BCUT2D eigenvalue weighted by atomic mass is 15.0. The highest BCUT2D eigenvalue weighted by molar-refractivity contribution is 5.86. The smallest absolute Gasteiger partial charge is 0.0483 e. The Balaban J connectivity index is 2.81. The Kier molecular flexibility index (Phi) is 2.84. The van der Waals surface area contributed by atoms with Crippen molar-refractivity contribution in [3.8, 4) is 0 Å². The van der Waals surface area contributed by atoms with Gasteiger partial charge in [-0.2, -0.15) is 0 Å². The fraction of sp³-hybridized carbons (Fsp3) is 0.529. The molecule has 1 nitrogen and oxygen atoms in total. The summed E-state index contributed by atoms with van der Waals surface area (Å²) >= 11 is 0. The zero-order chi connectivity index (χ0) is 13.7. The van der Waals surface area contributed by atoms with Gasteiger partial charge in [-0.25, -0.2) is 0 Å². The Labute approximate surface area is 111 Å². The number of fused-ring (bicyclic) bond motifs is 1. The minimum absolute atomic E-state index is 0.183. The molecule has 1 heteroatoms. The minimum Gasteiger partial charge on any atom is -0.347 e. The Morgan fingerprint density at radius 1 is 0.889 bits per heavy atom. The van der Waals surface area contributed by atoms with E-state index in [9.17, 15) is 0 Å². The van der Waals surface area contributed by atoms with Gasteiger partial charge in [-0.1, -0.05) is 53.7 Å². The average Bonchev–Trinajstić information content (AvgIpc) is 2.54. The molecule has 0 aliphatic rings. The molecule has 0 aliphatic carbocycles. The van der Waals surface area contributed by atoms with Crippen molar-refractivity contribution in [1.29, 1.82) is 0 Å². The van der Waals surface area contributed by atoms with Crippen LogP contribution in [0.15, 0.2) is 24.3 Å². The molecule has 0 saturated heterocycles. The van der Waals surface area contributed by atoms with E-state index in [2.05, 4.69) is 77.4 Å². The second kappa shape index (κ2) is 3.88. The van der Waals surface area contributed by atoms with Crippen LogP contribution in [0.2, 0.25) is 0 Å². The maximum atomic E-state index is 2.37. The number of hydrogen-bond donors (Lipinski definition) is 0. The fourth-order valence-corrected chi connectivity index (χ4v) is 2.73. The van der Waals surface area contributed by atoms with Gasteiger partial charge in [0.2, 0.25) is 0 Å². The van der Waals surface area contributed by atoms with Gasteiger partial charge >= 0.3 is 0 Å². The topological polar surface area (TPSA) is 4.93 Å². The molecular weight excluding hydrogens is 218 g/mol. The zero-order valence-electron chi connectivity index (χ0n) is 12.8. The highest BCUT2D eigenvalue weighted by Crippen LogP contribution is 2.34. The Morgan fingerprint density at radius 3 is 2.00 bits per heavy atom. The molecule has 1 aromatic carbocycles. The molecule has 0 saturated carbocycles. The Bertz CT molecular complexity index is 574. The van der Waals surface area contributed by atoms with E-state index in [0.29, 0.717) is 0 Å². The van der Waals surface area contributed by atoms with E-state index in [1.54, 1.807) is 0 Å². The van der Waals surface area contributed by atoms with Crippen LogP contribution in [0.5, 0.6) is 0 Å². The molecule has 0 amide bonds. The molecule has 0 bridgehead atoms. The molecule has 0 atom stereocenters. The highest BCUT2D eigenvalue weighted by Gasteiger charge is 2.23. The van der Waals surface area contributed by atoms with Gasteiger partial charge in [-0.15, -0.1) is 0 Å².